The van der Waals surface area contributed by atoms with Crippen molar-refractivity contribution in [2.24, 2.45) is 0 Å². The van der Waals surface area contributed by atoms with Gasteiger partial charge in [0.25, 0.3) is 0 Å². The van der Waals surface area contributed by atoms with E-state index in [1.165, 1.54) is 27.2 Å². The molecule has 2 aliphatic heterocycles. The lowest BCUT2D eigenvalue weighted by atomic mass is 10.1. The van der Waals surface area contributed by atoms with Crippen LogP contribution in [-0.2, 0) is 14.8 Å². The molecule has 7 nitrogen and oxygen atoms in total. The van der Waals surface area contributed by atoms with Crippen molar-refractivity contribution in [3.05, 3.63) is 101 Å². The summed E-state index contributed by atoms with van der Waals surface area (Å²) in [5.41, 5.74) is 4.65. The van der Waals surface area contributed by atoms with Gasteiger partial charge in [0.1, 0.15) is 6.04 Å². The number of piperazine rings is 2. The molecular formula is C31H35ClN4O3S. The quantitative estimate of drug-likeness (QED) is 0.426. The van der Waals surface area contributed by atoms with Crippen molar-refractivity contribution in [3.63, 3.8) is 0 Å². The van der Waals surface area contributed by atoms with E-state index in [-0.39, 0.29) is 23.9 Å². The smallest absolute Gasteiger partial charge is 0.246 e. The Morgan fingerprint density at radius 3 is 2.35 bits per heavy atom. The molecule has 0 saturated carbocycles. The number of carbonyl (C=O) groups excluding carboxylic acids is 1. The van der Waals surface area contributed by atoms with Crippen LogP contribution < -0.4 is 4.90 Å². The molecule has 3 aromatic rings. The largest absolute Gasteiger partial charge is 0.368 e. The lowest BCUT2D eigenvalue weighted by Crippen LogP contribution is -2.61. The molecule has 1 atom stereocenters. The third kappa shape index (κ3) is 6.19. The molecule has 2 aliphatic rings. The van der Waals surface area contributed by atoms with Gasteiger partial charge in [0.15, 0.2) is 0 Å². The zero-order chi connectivity index (χ0) is 28.3. The van der Waals surface area contributed by atoms with E-state index >= 15 is 0 Å². The molecule has 2 fully saturated rings. The number of hydrogen-bond donors (Lipinski definition) is 0. The Morgan fingerprint density at radius 2 is 1.62 bits per heavy atom. The van der Waals surface area contributed by atoms with E-state index in [0.29, 0.717) is 24.7 Å². The maximum atomic E-state index is 14.0. The molecule has 2 heterocycles. The second-order valence-electron chi connectivity index (χ2n) is 10.4. The summed E-state index contributed by atoms with van der Waals surface area (Å²) < 4.78 is 28.5. The second-order valence-corrected chi connectivity index (χ2v) is 12.8. The number of rotatable bonds is 6. The van der Waals surface area contributed by atoms with Gasteiger partial charge in [0, 0.05) is 62.7 Å². The minimum atomic E-state index is -3.81. The zero-order valence-corrected chi connectivity index (χ0v) is 24.5. The van der Waals surface area contributed by atoms with Crippen molar-refractivity contribution in [1.82, 2.24) is 14.1 Å². The van der Waals surface area contributed by atoms with Crippen molar-refractivity contribution in [3.8, 4) is 0 Å². The van der Waals surface area contributed by atoms with Crippen LogP contribution in [0.5, 0.6) is 0 Å². The molecule has 40 heavy (non-hydrogen) atoms. The van der Waals surface area contributed by atoms with E-state index in [2.05, 4.69) is 36.9 Å². The highest BCUT2D eigenvalue weighted by Gasteiger charge is 2.39. The Balaban J connectivity index is 1.36. The lowest BCUT2D eigenvalue weighted by molar-refractivity contribution is -0.137. The first-order chi connectivity index (χ1) is 19.2. The van der Waals surface area contributed by atoms with Crippen LogP contribution in [0.2, 0.25) is 5.02 Å². The summed E-state index contributed by atoms with van der Waals surface area (Å²) in [5.74, 6) is -0.0516. The Kier molecular flexibility index (Phi) is 8.49. The van der Waals surface area contributed by atoms with Gasteiger partial charge in [-0.15, -0.1) is 0 Å². The molecule has 0 aliphatic carbocycles. The van der Waals surface area contributed by atoms with Gasteiger partial charge in [0.05, 0.1) is 4.90 Å². The molecule has 0 aromatic heterocycles. The molecule has 0 bridgehead atoms. The molecule has 0 spiro atoms. The maximum Gasteiger partial charge on any atom is 0.246 e. The van der Waals surface area contributed by atoms with Gasteiger partial charge in [-0.05, 0) is 60.9 Å². The van der Waals surface area contributed by atoms with E-state index < -0.39 is 16.1 Å². The van der Waals surface area contributed by atoms with Gasteiger partial charge in [-0.25, -0.2) is 8.42 Å². The number of benzene rings is 3. The monoisotopic (exact) mass is 578 g/mol. The molecule has 1 unspecified atom stereocenters. The number of aryl methyl sites for hydroxylation is 2. The lowest BCUT2D eigenvalue weighted by Gasteiger charge is -2.43. The number of anilines is 1. The standard InChI is InChI=1S/C31H35ClN4O3S/c1-24-11-12-25(2)29(21-24)34-15-17-35(18-16-34)31(37)30-23-36(40(38,39)28-10-6-9-27(32)22-28)20-19-33(30)14-13-26-7-4-3-5-8-26/h3-14,21-22,30H,15-20,23H2,1-2H3. The Morgan fingerprint density at radius 1 is 0.875 bits per heavy atom. The summed E-state index contributed by atoms with van der Waals surface area (Å²) >= 11 is 6.10. The van der Waals surface area contributed by atoms with Crippen LogP contribution in [0.1, 0.15) is 16.7 Å². The van der Waals surface area contributed by atoms with Gasteiger partial charge in [0.2, 0.25) is 15.9 Å². The normalized spacial score (nSPS) is 18.9. The minimum absolute atomic E-state index is 0.0516. The number of hydrogen-bond acceptors (Lipinski definition) is 5. The van der Waals surface area contributed by atoms with E-state index in [9.17, 15) is 13.2 Å². The SMILES string of the molecule is Cc1ccc(C)c(N2CCN(C(=O)C3CN(S(=O)(=O)c4cccc(Cl)c4)CCN3C=Cc3ccccc3)CC2)c1. The molecule has 9 heteroatoms. The third-order valence-corrected chi connectivity index (χ3v) is 9.75. The molecule has 5 rings (SSSR count). The highest BCUT2D eigenvalue weighted by atomic mass is 35.5. The van der Waals surface area contributed by atoms with Crippen LogP contribution in [0, 0.1) is 13.8 Å². The van der Waals surface area contributed by atoms with Gasteiger partial charge >= 0.3 is 0 Å². The third-order valence-electron chi connectivity index (χ3n) is 7.66. The highest BCUT2D eigenvalue weighted by molar-refractivity contribution is 7.89. The first-order valence-electron chi connectivity index (χ1n) is 13.6. The number of amides is 1. The molecule has 3 aromatic carbocycles. The average Bonchev–Trinajstić information content (AvgIpc) is 2.97. The fraction of sp³-hybridized carbons (Fsp3) is 0.323. The van der Waals surface area contributed by atoms with Gasteiger partial charge in [-0.1, -0.05) is 60.1 Å². The fourth-order valence-electron chi connectivity index (χ4n) is 5.35. The first kappa shape index (κ1) is 28.2. The average molecular weight is 579 g/mol. The topological polar surface area (TPSA) is 64.2 Å². The number of halogens is 1. The maximum absolute atomic E-state index is 14.0. The van der Waals surface area contributed by atoms with Crippen molar-refractivity contribution < 1.29 is 13.2 Å². The molecule has 0 radical (unpaired) electrons. The summed E-state index contributed by atoms with van der Waals surface area (Å²) in [7, 11) is -3.81. The Labute approximate surface area is 242 Å². The summed E-state index contributed by atoms with van der Waals surface area (Å²) in [5, 5.41) is 0.361. The fourth-order valence-corrected chi connectivity index (χ4v) is 7.09. The van der Waals surface area contributed by atoms with Crippen LogP contribution >= 0.6 is 11.6 Å². The Bertz CT molecular complexity index is 1490. The van der Waals surface area contributed by atoms with Gasteiger partial charge < -0.3 is 14.7 Å². The molecule has 2 saturated heterocycles. The zero-order valence-electron chi connectivity index (χ0n) is 22.9. The summed E-state index contributed by atoms with van der Waals surface area (Å²) in [6.07, 6.45) is 3.90. The van der Waals surface area contributed by atoms with Gasteiger partial charge in [-0.3, -0.25) is 4.79 Å². The molecule has 0 N–H and O–H groups in total. The van der Waals surface area contributed by atoms with Crippen LogP contribution in [0.4, 0.5) is 5.69 Å². The molecule has 210 valence electrons. The van der Waals surface area contributed by atoms with Crippen LogP contribution in [0.25, 0.3) is 6.08 Å². The molecule has 1 amide bonds. The first-order valence-corrected chi connectivity index (χ1v) is 15.4. The minimum Gasteiger partial charge on any atom is -0.368 e. The van der Waals surface area contributed by atoms with Gasteiger partial charge in [-0.2, -0.15) is 4.31 Å². The van der Waals surface area contributed by atoms with Crippen LogP contribution in [0.15, 0.2) is 83.9 Å². The van der Waals surface area contributed by atoms with Crippen LogP contribution in [-0.4, -0.2) is 80.3 Å². The summed E-state index contributed by atoms with van der Waals surface area (Å²) in [6.45, 7) is 7.58. The van der Waals surface area contributed by atoms with Crippen molar-refractivity contribution in [1.29, 1.82) is 0 Å². The summed E-state index contributed by atoms with van der Waals surface area (Å²) in [6, 6.07) is 22.0. The number of sulfonamides is 1. The van der Waals surface area contributed by atoms with E-state index in [4.69, 9.17) is 11.6 Å². The van der Waals surface area contributed by atoms with E-state index in [0.717, 1.165) is 18.7 Å². The summed E-state index contributed by atoms with van der Waals surface area (Å²) in [4.78, 5) is 20.3. The van der Waals surface area contributed by atoms with Crippen molar-refractivity contribution in [2.45, 2.75) is 24.8 Å². The van der Waals surface area contributed by atoms with Crippen LogP contribution in [0.3, 0.4) is 0 Å². The number of carbonyl (C=O) groups is 1. The van der Waals surface area contributed by atoms with E-state index in [1.807, 2.05) is 52.4 Å². The molecular weight excluding hydrogens is 544 g/mol. The highest BCUT2D eigenvalue weighted by Crippen LogP contribution is 2.26. The predicted octanol–water partition coefficient (Wildman–Crippen LogP) is 4.65. The van der Waals surface area contributed by atoms with Crippen molar-refractivity contribution in [2.75, 3.05) is 50.7 Å². The van der Waals surface area contributed by atoms with E-state index in [1.54, 1.807) is 18.2 Å². The van der Waals surface area contributed by atoms with Crippen molar-refractivity contribution >= 4 is 39.3 Å². The Hall–Kier alpha value is -3.33. The number of nitrogens with zero attached hydrogens (tertiary/aromatic N) is 4. The second kappa shape index (κ2) is 12.0. The predicted molar refractivity (Wildman–Crippen MR) is 161 cm³/mol.